The van der Waals surface area contributed by atoms with Crippen molar-refractivity contribution in [3.63, 3.8) is 0 Å². The normalized spacial score (nSPS) is 15.6. The molecule has 5 heteroatoms. The Bertz CT molecular complexity index is 951. The number of aliphatic hydroxyl groups excluding tert-OH is 1. The number of hydrogen-bond donors (Lipinski definition) is 2. The lowest BCUT2D eigenvalue weighted by Crippen LogP contribution is -2.36. The maximum Gasteiger partial charge on any atom is 0.143 e. The third kappa shape index (κ3) is 5.27. The van der Waals surface area contributed by atoms with Gasteiger partial charge >= 0.3 is 0 Å². The Morgan fingerprint density at radius 2 is 1.29 bits per heavy atom. The molecule has 1 unspecified atom stereocenters. The molecule has 3 aromatic rings. The highest BCUT2D eigenvalue weighted by Gasteiger charge is 2.38. The van der Waals surface area contributed by atoms with Gasteiger partial charge in [0.2, 0.25) is 0 Å². The Labute approximate surface area is 202 Å². The van der Waals surface area contributed by atoms with Crippen molar-refractivity contribution in [2.75, 3.05) is 33.9 Å². The SMILES string of the molecule is COc1ccc(C(OCCC(O)C2CCNCC2)(c2ccccc2)c2ccc(OC)cc2)cc1. The van der Waals surface area contributed by atoms with Gasteiger partial charge in [-0.15, -0.1) is 0 Å². The Balaban J connectivity index is 1.71. The highest BCUT2D eigenvalue weighted by molar-refractivity contribution is 5.49. The van der Waals surface area contributed by atoms with Gasteiger partial charge in [-0.1, -0.05) is 54.6 Å². The van der Waals surface area contributed by atoms with Crippen LogP contribution in [-0.4, -0.2) is 45.1 Å². The summed E-state index contributed by atoms with van der Waals surface area (Å²) < 4.78 is 17.7. The second-order valence-corrected chi connectivity index (χ2v) is 8.80. The van der Waals surface area contributed by atoms with Crippen LogP contribution in [0.15, 0.2) is 78.9 Å². The van der Waals surface area contributed by atoms with Crippen molar-refractivity contribution >= 4 is 0 Å². The molecule has 180 valence electrons. The topological polar surface area (TPSA) is 60.0 Å². The molecule has 0 radical (unpaired) electrons. The molecular formula is C29H35NO4. The number of aliphatic hydroxyl groups is 1. The van der Waals surface area contributed by atoms with Crippen molar-refractivity contribution in [3.05, 3.63) is 95.6 Å². The summed E-state index contributed by atoms with van der Waals surface area (Å²) >= 11 is 0. The number of hydrogen-bond acceptors (Lipinski definition) is 5. The minimum atomic E-state index is -0.840. The summed E-state index contributed by atoms with van der Waals surface area (Å²) in [5.74, 6) is 1.90. The first-order valence-electron chi connectivity index (χ1n) is 12.0. The molecule has 1 saturated heterocycles. The predicted octanol–water partition coefficient (Wildman–Crippen LogP) is 4.76. The zero-order valence-electron chi connectivity index (χ0n) is 20.1. The standard InChI is InChI=1S/C29H35NO4/c1-32-26-12-8-24(9-13-26)29(23-6-4-3-5-7-23,25-10-14-27(33-2)15-11-25)34-21-18-28(31)22-16-19-30-20-17-22/h3-15,22,28,30-31H,16-21H2,1-2H3. The van der Waals surface area contributed by atoms with Crippen LogP contribution in [0.4, 0.5) is 0 Å². The van der Waals surface area contributed by atoms with Crippen LogP contribution < -0.4 is 14.8 Å². The third-order valence-electron chi connectivity index (χ3n) is 6.83. The van der Waals surface area contributed by atoms with Crippen LogP contribution in [0.5, 0.6) is 11.5 Å². The smallest absolute Gasteiger partial charge is 0.143 e. The van der Waals surface area contributed by atoms with E-state index >= 15 is 0 Å². The van der Waals surface area contributed by atoms with Gasteiger partial charge in [-0.05, 0) is 79.2 Å². The number of benzene rings is 3. The maximum absolute atomic E-state index is 10.9. The molecule has 1 fully saturated rings. The van der Waals surface area contributed by atoms with E-state index in [2.05, 4.69) is 41.7 Å². The van der Waals surface area contributed by atoms with Gasteiger partial charge in [0.1, 0.15) is 17.1 Å². The van der Waals surface area contributed by atoms with E-state index in [-0.39, 0.29) is 6.10 Å². The first kappa shape index (κ1) is 24.3. The maximum atomic E-state index is 10.9. The number of piperidine rings is 1. The van der Waals surface area contributed by atoms with Crippen LogP contribution in [0.25, 0.3) is 0 Å². The Morgan fingerprint density at radius 3 is 1.79 bits per heavy atom. The van der Waals surface area contributed by atoms with E-state index in [1.54, 1.807) is 14.2 Å². The Morgan fingerprint density at radius 1 is 0.794 bits per heavy atom. The average Bonchev–Trinajstić information content (AvgIpc) is 2.92. The molecular weight excluding hydrogens is 426 g/mol. The fourth-order valence-electron chi connectivity index (χ4n) is 4.87. The molecule has 1 aliphatic rings. The van der Waals surface area contributed by atoms with Crippen LogP contribution in [0.3, 0.4) is 0 Å². The van der Waals surface area contributed by atoms with Gasteiger partial charge in [0.05, 0.1) is 26.9 Å². The van der Waals surface area contributed by atoms with Crippen LogP contribution in [-0.2, 0) is 10.3 Å². The molecule has 3 aromatic carbocycles. The minimum Gasteiger partial charge on any atom is -0.497 e. The lowest BCUT2D eigenvalue weighted by molar-refractivity contribution is -0.0176. The van der Waals surface area contributed by atoms with Crippen molar-refractivity contribution in [1.29, 1.82) is 0 Å². The summed E-state index contributed by atoms with van der Waals surface area (Å²) in [5, 5.41) is 14.2. The summed E-state index contributed by atoms with van der Waals surface area (Å²) in [4.78, 5) is 0. The van der Waals surface area contributed by atoms with Crippen molar-refractivity contribution in [3.8, 4) is 11.5 Å². The molecule has 0 aliphatic carbocycles. The van der Waals surface area contributed by atoms with E-state index < -0.39 is 5.60 Å². The van der Waals surface area contributed by atoms with Gasteiger partial charge in [0, 0.05) is 0 Å². The molecule has 1 heterocycles. The summed E-state index contributed by atoms with van der Waals surface area (Å²) in [5.41, 5.74) is 2.19. The highest BCUT2D eigenvalue weighted by atomic mass is 16.5. The second-order valence-electron chi connectivity index (χ2n) is 8.80. The lowest BCUT2D eigenvalue weighted by atomic mass is 9.80. The van der Waals surface area contributed by atoms with Crippen LogP contribution >= 0.6 is 0 Å². The zero-order valence-corrected chi connectivity index (χ0v) is 20.1. The highest BCUT2D eigenvalue weighted by Crippen LogP contribution is 2.42. The van der Waals surface area contributed by atoms with E-state index in [0.29, 0.717) is 18.9 Å². The largest absolute Gasteiger partial charge is 0.497 e. The Kier molecular flexibility index (Phi) is 8.22. The van der Waals surface area contributed by atoms with E-state index in [1.807, 2.05) is 42.5 Å². The van der Waals surface area contributed by atoms with Crippen LogP contribution in [0.2, 0.25) is 0 Å². The zero-order chi connectivity index (χ0) is 23.8. The van der Waals surface area contributed by atoms with Crippen LogP contribution in [0.1, 0.15) is 36.0 Å². The quantitative estimate of drug-likeness (QED) is 0.426. The van der Waals surface area contributed by atoms with Gasteiger partial charge in [-0.25, -0.2) is 0 Å². The van der Waals surface area contributed by atoms with Gasteiger partial charge < -0.3 is 24.6 Å². The van der Waals surface area contributed by atoms with Gasteiger partial charge in [0.25, 0.3) is 0 Å². The van der Waals surface area contributed by atoms with Gasteiger partial charge in [0.15, 0.2) is 0 Å². The summed E-state index contributed by atoms with van der Waals surface area (Å²) in [6.45, 7) is 2.36. The van der Waals surface area contributed by atoms with Crippen molar-refractivity contribution < 1.29 is 19.3 Å². The molecule has 0 amide bonds. The summed E-state index contributed by atoms with van der Waals surface area (Å²) in [7, 11) is 3.34. The fourth-order valence-corrected chi connectivity index (χ4v) is 4.87. The molecule has 5 nitrogen and oxygen atoms in total. The molecule has 1 atom stereocenters. The van der Waals surface area contributed by atoms with Gasteiger partial charge in [-0.2, -0.15) is 0 Å². The number of ether oxygens (including phenoxy) is 3. The summed E-state index contributed by atoms with van der Waals surface area (Å²) in [6, 6.07) is 26.3. The first-order valence-corrected chi connectivity index (χ1v) is 12.0. The molecule has 0 aromatic heterocycles. The monoisotopic (exact) mass is 461 g/mol. The lowest BCUT2D eigenvalue weighted by Gasteiger charge is -2.37. The molecule has 4 rings (SSSR count). The molecule has 34 heavy (non-hydrogen) atoms. The number of methoxy groups -OCH3 is 2. The molecule has 0 saturated carbocycles. The average molecular weight is 462 g/mol. The first-order chi connectivity index (χ1) is 16.7. The molecule has 0 bridgehead atoms. The Hall–Kier alpha value is -2.86. The minimum absolute atomic E-state index is 0.318. The van der Waals surface area contributed by atoms with Crippen molar-refractivity contribution in [2.24, 2.45) is 5.92 Å². The van der Waals surface area contributed by atoms with Crippen LogP contribution in [0, 0.1) is 5.92 Å². The molecule has 0 spiro atoms. The van der Waals surface area contributed by atoms with E-state index in [4.69, 9.17) is 14.2 Å². The molecule has 2 N–H and O–H groups in total. The van der Waals surface area contributed by atoms with E-state index in [0.717, 1.165) is 54.1 Å². The number of nitrogens with one attached hydrogen (secondary N) is 1. The van der Waals surface area contributed by atoms with Gasteiger partial charge in [-0.3, -0.25) is 0 Å². The van der Waals surface area contributed by atoms with E-state index in [9.17, 15) is 5.11 Å². The summed E-state index contributed by atoms with van der Waals surface area (Å²) in [6.07, 6.45) is 2.22. The number of rotatable bonds is 10. The third-order valence-corrected chi connectivity index (χ3v) is 6.83. The van der Waals surface area contributed by atoms with E-state index in [1.165, 1.54) is 0 Å². The second kappa shape index (κ2) is 11.5. The predicted molar refractivity (Wildman–Crippen MR) is 134 cm³/mol. The molecule has 1 aliphatic heterocycles. The van der Waals surface area contributed by atoms with Crippen molar-refractivity contribution in [1.82, 2.24) is 5.32 Å². The van der Waals surface area contributed by atoms with Crippen molar-refractivity contribution in [2.45, 2.75) is 31.0 Å². The fraction of sp³-hybridized carbons (Fsp3) is 0.379.